The van der Waals surface area contributed by atoms with Crippen molar-refractivity contribution in [2.75, 3.05) is 26.2 Å². The molecule has 2 aliphatic heterocycles. The number of carbonyl (C=O) groups excluding carboxylic acids is 2. The lowest BCUT2D eigenvalue weighted by atomic mass is 9.90. The van der Waals surface area contributed by atoms with Gasteiger partial charge in [0.1, 0.15) is 5.60 Å². The van der Waals surface area contributed by atoms with E-state index in [1.807, 2.05) is 31.5 Å². The summed E-state index contributed by atoms with van der Waals surface area (Å²) in [6, 6.07) is 17.0. The molecule has 2 aliphatic rings. The molecule has 2 fully saturated rings. The van der Waals surface area contributed by atoms with Crippen molar-refractivity contribution < 1.29 is 14.3 Å². The van der Waals surface area contributed by atoms with Gasteiger partial charge in [-0.05, 0) is 77.5 Å². The molecule has 2 aromatic carbocycles. The first-order valence-electron chi connectivity index (χ1n) is 15.3. The number of aromatic nitrogens is 2. The van der Waals surface area contributed by atoms with Gasteiger partial charge in [-0.15, -0.1) is 0 Å². The molecule has 0 radical (unpaired) electrons. The molecule has 0 atom stereocenters. The minimum atomic E-state index is -0.529. The summed E-state index contributed by atoms with van der Waals surface area (Å²) in [5, 5.41) is 8.11. The van der Waals surface area contributed by atoms with E-state index in [1.165, 1.54) is 11.1 Å². The topological polar surface area (TPSA) is 79.7 Å². The number of hydrogen-bond donors (Lipinski definition) is 1. The van der Waals surface area contributed by atoms with Gasteiger partial charge in [-0.1, -0.05) is 48.0 Å². The van der Waals surface area contributed by atoms with Crippen molar-refractivity contribution in [3.63, 3.8) is 0 Å². The Morgan fingerprint density at radius 1 is 0.952 bits per heavy atom. The van der Waals surface area contributed by atoms with Crippen molar-refractivity contribution in [3.8, 4) is 5.69 Å². The molecule has 1 aromatic heterocycles. The first-order chi connectivity index (χ1) is 20.1. The highest BCUT2D eigenvalue weighted by Crippen LogP contribution is 2.33. The van der Waals surface area contributed by atoms with E-state index in [0.717, 1.165) is 62.3 Å². The first-order valence-corrected chi connectivity index (χ1v) is 15.3. The van der Waals surface area contributed by atoms with Crippen LogP contribution in [0.15, 0.2) is 54.7 Å². The van der Waals surface area contributed by atoms with E-state index < -0.39 is 5.60 Å². The van der Waals surface area contributed by atoms with Crippen LogP contribution in [-0.4, -0.2) is 69.4 Å². The number of hydrogen-bond acceptors (Lipinski definition) is 5. The van der Waals surface area contributed by atoms with Crippen LogP contribution in [0.1, 0.15) is 85.1 Å². The molecule has 3 heterocycles. The lowest BCUT2D eigenvalue weighted by molar-refractivity contribution is 0.0203. The number of ether oxygens (including phenoxy) is 1. The van der Waals surface area contributed by atoms with Crippen LogP contribution in [0.2, 0.25) is 0 Å². The summed E-state index contributed by atoms with van der Waals surface area (Å²) in [6.45, 7) is 13.8. The second kappa shape index (κ2) is 12.7. The maximum atomic E-state index is 13.8. The van der Waals surface area contributed by atoms with Gasteiger partial charge >= 0.3 is 6.09 Å². The van der Waals surface area contributed by atoms with Crippen LogP contribution in [0, 0.1) is 13.8 Å². The van der Waals surface area contributed by atoms with Crippen molar-refractivity contribution >= 4 is 12.0 Å². The fourth-order valence-electron chi connectivity index (χ4n) is 6.16. The van der Waals surface area contributed by atoms with Crippen molar-refractivity contribution in [3.05, 3.63) is 82.7 Å². The molecule has 224 valence electrons. The van der Waals surface area contributed by atoms with Gasteiger partial charge in [-0.2, -0.15) is 5.10 Å². The average Bonchev–Trinajstić information content (AvgIpc) is 3.39. The van der Waals surface area contributed by atoms with Gasteiger partial charge in [0.05, 0.1) is 23.1 Å². The van der Waals surface area contributed by atoms with Crippen LogP contribution in [0.5, 0.6) is 0 Å². The molecule has 0 spiro atoms. The Hall–Kier alpha value is -3.65. The van der Waals surface area contributed by atoms with Crippen molar-refractivity contribution in [1.82, 2.24) is 24.9 Å². The van der Waals surface area contributed by atoms with Crippen molar-refractivity contribution in [2.24, 2.45) is 0 Å². The van der Waals surface area contributed by atoms with Gasteiger partial charge in [0.25, 0.3) is 5.91 Å². The van der Waals surface area contributed by atoms with Crippen LogP contribution in [0.3, 0.4) is 0 Å². The van der Waals surface area contributed by atoms with Crippen LogP contribution in [0.25, 0.3) is 5.69 Å². The second-order valence-corrected chi connectivity index (χ2v) is 12.9. The highest BCUT2D eigenvalue weighted by Gasteiger charge is 2.33. The molecule has 8 heteroatoms. The van der Waals surface area contributed by atoms with Gasteiger partial charge in [-0.25, -0.2) is 9.48 Å². The predicted molar refractivity (Wildman–Crippen MR) is 165 cm³/mol. The maximum absolute atomic E-state index is 13.8. The van der Waals surface area contributed by atoms with E-state index in [-0.39, 0.29) is 24.0 Å². The minimum Gasteiger partial charge on any atom is -0.444 e. The quantitative estimate of drug-likeness (QED) is 0.393. The molecular weight excluding hydrogens is 526 g/mol. The molecule has 0 aliphatic carbocycles. The van der Waals surface area contributed by atoms with Crippen LogP contribution in [0.4, 0.5) is 4.79 Å². The molecule has 3 aromatic rings. The predicted octanol–water partition coefficient (Wildman–Crippen LogP) is 6.00. The second-order valence-electron chi connectivity index (χ2n) is 12.9. The number of rotatable bonds is 6. The number of amides is 2. The summed E-state index contributed by atoms with van der Waals surface area (Å²) in [5.41, 5.74) is 5.65. The number of carbonyl (C=O) groups is 2. The number of piperidine rings is 2. The van der Waals surface area contributed by atoms with Gasteiger partial charge < -0.3 is 15.0 Å². The van der Waals surface area contributed by atoms with Crippen LogP contribution >= 0.6 is 0 Å². The Labute approximate surface area is 250 Å². The Kier molecular flexibility index (Phi) is 9.02. The monoisotopic (exact) mass is 571 g/mol. The zero-order valence-electron chi connectivity index (χ0n) is 25.7. The maximum Gasteiger partial charge on any atom is 0.410 e. The molecule has 0 bridgehead atoms. The van der Waals surface area contributed by atoms with Crippen LogP contribution in [-0.2, 0) is 11.3 Å². The third kappa shape index (κ3) is 7.21. The van der Waals surface area contributed by atoms with Gasteiger partial charge in [0.2, 0.25) is 0 Å². The fraction of sp³-hybridized carbons (Fsp3) is 0.500. The Morgan fingerprint density at radius 3 is 2.29 bits per heavy atom. The SMILES string of the molecule is Cc1ccc(-n2ncc(C(=O)NC3CCN(Cc4ccccc4)CC3)c2C2CCN(C(=O)OC(C)(C)C)CC2)c(C)c1. The average molecular weight is 572 g/mol. The first kappa shape index (κ1) is 29.8. The zero-order valence-corrected chi connectivity index (χ0v) is 25.7. The van der Waals surface area contributed by atoms with Crippen molar-refractivity contribution in [2.45, 2.75) is 84.4 Å². The van der Waals surface area contributed by atoms with Crippen LogP contribution < -0.4 is 5.32 Å². The fourth-order valence-corrected chi connectivity index (χ4v) is 6.16. The van der Waals surface area contributed by atoms with E-state index in [4.69, 9.17) is 9.84 Å². The standard InChI is InChI=1S/C34H45N5O3/c1-24-11-12-30(25(2)21-24)39-31(27-13-19-38(20-14-27)33(41)42-34(3,4)5)29(22-35-39)32(40)36-28-15-17-37(18-16-28)23-26-9-7-6-8-10-26/h6-12,21-22,27-28H,13-20,23H2,1-5H3,(H,36,40). The summed E-state index contributed by atoms with van der Waals surface area (Å²) in [6.07, 6.45) is 4.79. The molecule has 42 heavy (non-hydrogen) atoms. The lowest BCUT2D eigenvalue weighted by Crippen LogP contribution is -2.44. The Bertz CT molecular complexity index is 1380. The molecule has 0 saturated carbocycles. The summed E-state index contributed by atoms with van der Waals surface area (Å²) < 4.78 is 7.57. The summed E-state index contributed by atoms with van der Waals surface area (Å²) in [4.78, 5) is 30.8. The normalized spacial score (nSPS) is 17.3. The van der Waals surface area contributed by atoms with Gasteiger partial charge in [0.15, 0.2) is 0 Å². The molecule has 2 saturated heterocycles. The molecule has 0 unspecified atom stereocenters. The number of aryl methyl sites for hydroxylation is 2. The number of nitrogens with one attached hydrogen (secondary N) is 1. The third-order valence-electron chi connectivity index (χ3n) is 8.34. The molecule has 2 amide bonds. The zero-order chi connectivity index (χ0) is 29.9. The summed E-state index contributed by atoms with van der Waals surface area (Å²) in [7, 11) is 0. The highest BCUT2D eigenvalue weighted by atomic mass is 16.6. The number of benzene rings is 2. The lowest BCUT2D eigenvalue weighted by Gasteiger charge is -2.34. The highest BCUT2D eigenvalue weighted by molar-refractivity contribution is 5.95. The smallest absolute Gasteiger partial charge is 0.410 e. The number of nitrogens with zero attached hydrogens (tertiary/aromatic N) is 4. The molecule has 8 nitrogen and oxygen atoms in total. The third-order valence-corrected chi connectivity index (χ3v) is 8.34. The minimum absolute atomic E-state index is 0.0582. The Balaban J connectivity index is 1.31. The Morgan fingerprint density at radius 2 is 1.64 bits per heavy atom. The summed E-state index contributed by atoms with van der Waals surface area (Å²) >= 11 is 0. The van der Waals surface area contributed by atoms with E-state index >= 15 is 0 Å². The molecular formula is C34H45N5O3. The van der Waals surface area contributed by atoms with E-state index in [2.05, 4.69) is 66.5 Å². The van der Waals surface area contributed by atoms with E-state index in [1.54, 1.807) is 11.1 Å². The molecule has 1 N–H and O–H groups in total. The summed E-state index contributed by atoms with van der Waals surface area (Å²) in [5.74, 6) is 0.0393. The molecule has 5 rings (SSSR count). The van der Waals surface area contributed by atoms with E-state index in [9.17, 15) is 9.59 Å². The largest absolute Gasteiger partial charge is 0.444 e. The van der Waals surface area contributed by atoms with Gasteiger partial charge in [-0.3, -0.25) is 9.69 Å². The van der Waals surface area contributed by atoms with Gasteiger partial charge in [0, 0.05) is 44.7 Å². The van der Waals surface area contributed by atoms with E-state index in [0.29, 0.717) is 18.7 Å². The van der Waals surface area contributed by atoms with Crippen molar-refractivity contribution in [1.29, 1.82) is 0 Å². The number of likely N-dealkylation sites (tertiary alicyclic amines) is 2.